The number of furan rings is 1. The molecule has 0 saturated heterocycles. The second-order valence-corrected chi connectivity index (χ2v) is 7.05. The first-order valence-electron chi connectivity index (χ1n) is 8.74. The van der Waals surface area contributed by atoms with Gasteiger partial charge in [-0.05, 0) is 42.8 Å². The Morgan fingerprint density at radius 3 is 2.54 bits per heavy atom. The third-order valence-electron chi connectivity index (χ3n) is 4.36. The number of ether oxygens (including phenoxy) is 1. The fourth-order valence-corrected chi connectivity index (χ4v) is 2.92. The highest BCUT2D eigenvalue weighted by atomic mass is 35.5. The Hall–Kier alpha value is -2.99. The number of nitrogens with one attached hydrogen (secondary N) is 1. The van der Waals surface area contributed by atoms with Crippen LogP contribution in [-0.2, 0) is 16.1 Å². The minimum Gasteiger partial charge on any atom is -0.450 e. The van der Waals surface area contributed by atoms with Gasteiger partial charge in [0.1, 0.15) is 5.58 Å². The highest BCUT2D eigenvalue weighted by Gasteiger charge is 2.20. The normalized spacial score (nSPS) is 10.7. The van der Waals surface area contributed by atoms with Crippen LogP contribution in [0.2, 0.25) is 5.02 Å². The summed E-state index contributed by atoms with van der Waals surface area (Å²) in [6, 6.07) is 12.9. The first kappa shape index (κ1) is 19.8. The van der Waals surface area contributed by atoms with Gasteiger partial charge in [0.05, 0.1) is 0 Å². The molecule has 0 aliphatic carbocycles. The zero-order chi connectivity index (χ0) is 20.3. The van der Waals surface area contributed by atoms with Crippen LogP contribution in [0, 0.1) is 6.92 Å². The second kappa shape index (κ2) is 8.35. The average molecular weight is 401 g/mol. The molecule has 7 heteroatoms. The van der Waals surface area contributed by atoms with Crippen LogP contribution in [0.15, 0.2) is 46.9 Å². The van der Waals surface area contributed by atoms with E-state index in [9.17, 15) is 9.59 Å². The number of hydrogen-bond donors (Lipinski definition) is 1. The van der Waals surface area contributed by atoms with Crippen molar-refractivity contribution in [2.24, 2.45) is 0 Å². The first-order valence-corrected chi connectivity index (χ1v) is 9.11. The van der Waals surface area contributed by atoms with Crippen LogP contribution in [0.1, 0.15) is 21.7 Å². The molecule has 0 atom stereocenters. The average Bonchev–Trinajstić information content (AvgIpc) is 3.01. The van der Waals surface area contributed by atoms with E-state index in [1.54, 1.807) is 25.1 Å². The number of benzene rings is 2. The number of amides is 1. The molecule has 0 saturated carbocycles. The zero-order valence-corrected chi connectivity index (χ0v) is 16.7. The Labute approximate surface area is 168 Å². The number of nitrogens with zero attached hydrogens (tertiary/aromatic N) is 1. The van der Waals surface area contributed by atoms with E-state index >= 15 is 0 Å². The van der Waals surface area contributed by atoms with Crippen LogP contribution < -0.4 is 10.2 Å². The number of esters is 1. The third kappa shape index (κ3) is 4.46. The second-order valence-electron chi connectivity index (χ2n) is 6.61. The number of aryl methyl sites for hydroxylation is 1. The molecular weight excluding hydrogens is 380 g/mol. The predicted molar refractivity (Wildman–Crippen MR) is 109 cm³/mol. The molecular formula is C21H21ClN2O4. The van der Waals surface area contributed by atoms with Crippen molar-refractivity contribution in [3.8, 4) is 0 Å². The van der Waals surface area contributed by atoms with E-state index in [1.807, 2.05) is 43.3 Å². The van der Waals surface area contributed by atoms with Gasteiger partial charge in [-0.25, -0.2) is 4.79 Å². The van der Waals surface area contributed by atoms with Crippen LogP contribution in [0.3, 0.4) is 0 Å². The van der Waals surface area contributed by atoms with E-state index in [1.165, 1.54) is 0 Å². The molecule has 146 valence electrons. The van der Waals surface area contributed by atoms with Crippen LogP contribution in [0.5, 0.6) is 0 Å². The highest BCUT2D eigenvalue weighted by Crippen LogP contribution is 2.28. The van der Waals surface area contributed by atoms with Gasteiger partial charge in [0, 0.05) is 42.3 Å². The smallest absolute Gasteiger partial charge is 0.375 e. The van der Waals surface area contributed by atoms with Gasteiger partial charge < -0.3 is 19.4 Å². The van der Waals surface area contributed by atoms with Crippen molar-refractivity contribution in [3.63, 3.8) is 0 Å². The van der Waals surface area contributed by atoms with Gasteiger partial charge in [-0.1, -0.05) is 23.7 Å². The number of anilines is 1. The monoisotopic (exact) mass is 400 g/mol. The Balaban J connectivity index is 1.54. The van der Waals surface area contributed by atoms with E-state index in [4.69, 9.17) is 20.8 Å². The summed E-state index contributed by atoms with van der Waals surface area (Å²) in [5.74, 6) is -0.999. The molecule has 0 radical (unpaired) electrons. The first-order chi connectivity index (χ1) is 13.3. The topological polar surface area (TPSA) is 71.8 Å². The molecule has 0 spiro atoms. The Morgan fingerprint density at radius 2 is 1.86 bits per heavy atom. The fourth-order valence-electron chi connectivity index (χ4n) is 2.75. The molecule has 0 fully saturated rings. The molecule has 0 bridgehead atoms. The van der Waals surface area contributed by atoms with Gasteiger partial charge in [-0.3, -0.25) is 4.79 Å². The molecule has 0 aliphatic heterocycles. The van der Waals surface area contributed by atoms with Crippen molar-refractivity contribution in [2.75, 3.05) is 25.6 Å². The number of halogens is 1. The summed E-state index contributed by atoms with van der Waals surface area (Å²) in [5.41, 5.74) is 3.20. The number of hydrogen-bond acceptors (Lipinski definition) is 5. The quantitative estimate of drug-likeness (QED) is 0.634. The van der Waals surface area contributed by atoms with Crippen LogP contribution in [0.4, 0.5) is 5.69 Å². The molecule has 1 aromatic heterocycles. The summed E-state index contributed by atoms with van der Waals surface area (Å²) >= 11 is 5.98. The van der Waals surface area contributed by atoms with Gasteiger partial charge >= 0.3 is 5.97 Å². The van der Waals surface area contributed by atoms with Crippen molar-refractivity contribution >= 4 is 40.1 Å². The van der Waals surface area contributed by atoms with Crippen LogP contribution >= 0.6 is 11.6 Å². The summed E-state index contributed by atoms with van der Waals surface area (Å²) in [4.78, 5) is 26.2. The third-order valence-corrected chi connectivity index (χ3v) is 4.60. The Kier molecular flexibility index (Phi) is 5.90. The maximum absolute atomic E-state index is 12.3. The Bertz CT molecular complexity index is 1010. The minimum atomic E-state index is -0.685. The van der Waals surface area contributed by atoms with Crippen LogP contribution in [0.25, 0.3) is 11.0 Å². The lowest BCUT2D eigenvalue weighted by atomic mass is 10.1. The summed E-state index contributed by atoms with van der Waals surface area (Å²) in [7, 11) is 3.92. The molecule has 1 amide bonds. The summed E-state index contributed by atoms with van der Waals surface area (Å²) in [5, 5.41) is 4.02. The van der Waals surface area contributed by atoms with Gasteiger partial charge in [-0.2, -0.15) is 0 Å². The summed E-state index contributed by atoms with van der Waals surface area (Å²) < 4.78 is 10.6. The van der Waals surface area contributed by atoms with Gasteiger partial charge in [0.2, 0.25) is 5.76 Å². The van der Waals surface area contributed by atoms with Crippen molar-refractivity contribution in [2.45, 2.75) is 13.5 Å². The summed E-state index contributed by atoms with van der Waals surface area (Å²) in [6.45, 7) is 1.72. The van der Waals surface area contributed by atoms with E-state index in [0.29, 0.717) is 22.7 Å². The lowest BCUT2D eigenvalue weighted by Gasteiger charge is -2.13. The van der Waals surface area contributed by atoms with Crippen molar-refractivity contribution < 1.29 is 18.7 Å². The van der Waals surface area contributed by atoms with E-state index in [-0.39, 0.29) is 18.3 Å². The van der Waals surface area contributed by atoms with Gasteiger partial charge in [0.15, 0.2) is 6.61 Å². The molecule has 0 unspecified atom stereocenters. The molecule has 6 nitrogen and oxygen atoms in total. The predicted octanol–water partition coefficient (Wildman–Crippen LogP) is 3.93. The lowest BCUT2D eigenvalue weighted by molar-refractivity contribution is -0.124. The standard InChI is InChI=1S/C21H21ClN2O4/c1-13-17-10-15(22)6-9-18(17)28-20(13)21(26)27-12-19(25)23-11-14-4-7-16(8-5-14)24(2)3/h4-10H,11-12H2,1-3H3,(H,23,25). The fraction of sp³-hybridized carbons (Fsp3) is 0.238. The SMILES string of the molecule is Cc1c(C(=O)OCC(=O)NCc2ccc(N(C)C)cc2)oc2ccc(Cl)cc12. The molecule has 2 aromatic carbocycles. The minimum absolute atomic E-state index is 0.0735. The number of rotatable bonds is 6. The van der Waals surface area contributed by atoms with Gasteiger partial charge in [-0.15, -0.1) is 0 Å². The zero-order valence-electron chi connectivity index (χ0n) is 15.9. The van der Waals surface area contributed by atoms with Crippen molar-refractivity contribution in [1.82, 2.24) is 5.32 Å². The molecule has 1 heterocycles. The van der Waals surface area contributed by atoms with E-state index in [2.05, 4.69) is 5.32 Å². The lowest BCUT2D eigenvalue weighted by Crippen LogP contribution is -2.28. The van der Waals surface area contributed by atoms with Gasteiger partial charge in [0.25, 0.3) is 5.91 Å². The van der Waals surface area contributed by atoms with E-state index in [0.717, 1.165) is 16.6 Å². The molecule has 28 heavy (non-hydrogen) atoms. The number of carbonyl (C=O) groups excluding carboxylic acids is 2. The highest BCUT2D eigenvalue weighted by molar-refractivity contribution is 6.31. The summed E-state index contributed by atoms with van der Waals surface area (Å²) in [6.07, 6.45) is 0. The molecule has 1 N–H and O–H groups in total. The number of fused-ring (bicyclic) bond motifs is 1. The molecule has 3 rings (SSSR count). The van der Waals surface area contributed by atoms with Crippen LogP contribution in [-0.4, -0.2) is 32.6 Å². The molecule has 3 aromatic rings. The van der Waals surface area contributed by atoms with Crippen molar-refractivity contribution in [3.05, 3.63) is 64.4 Å². The molecule has 0 aliphatic rings. The largest absolute Gasteiger partial charge is 0.450 e. The van der Waals surface area contributed by atoms with E-state index < -0.39 is 5.97 Å². The number of carbonyl (C=O) groups is 2. The maximum atomic E-state index is 12.3. The Morgan fingerprint density at radius 1 is 1.14 bits per heavy atom. The van der Waals surface area contributed by atoms with Crippen molar-refractivity contribution in [1.29, 1.82) is 0 Å². The maximum Gasteiger partial charge on any atom is 0.375 e.